The first kappa shape index (κ1) is 8.66. The van der Waals surface area contributed by atoms with E-state index in [0.29, 0.717) is 6.54 Å². The lowest BCUT2D eigenvalue weighted by Gasteiger charge is -2.03. The Morgan fingerprint density at radius 3 is 2.67 bits per heavy atom. The van der Waals surface area contributed by atoms with Gasteiger partial charge in [-0.1, -0.05) is 5.92 Å². The van der Waals surface area contributed by atoms with E-state index in [1.165, 1.54) is 4.57 Å². The zero-order chi connectivity index (χ0) is 9.14. The van der Waals surface area contributed by atoms with E-state index >= 15 is 0 Å². The molecule has 0 radical (unpaired) electrons. The van der Waals surface area contributed by atoms with Crippen LogP contribution in [0.25, 0.3) is 0 Å². The van der Waals surface area contributed by atoms with Crippen molar-refractivity contribution in [3.63, 3.8) is 0 Å². The summed E-state index contributed by atoms with van der Waals surface area (Å²) in [6.07, 6.45) is 8.56. The van der Waals surface area contributed by atoms with Crippen LogP contribution < -0.4 is 5.69 Å². The van der Waals surface area contributed by atoms with Crippen LogP contribution in [0.5, 0.6) is 0 Å². The molecule has 12 heavy (non-hydrogen) atoms. The maximum absolute atomic E-state index is 11.4. The lowest BCUT2D eigenvalue weighted by molar-refractivity contribution is 0.564. The van der Waals surface area contributed by atoms with Crippen LogP contribution in [0.15, 0.2) is 17.2 Å². The van der Waals surface area contributed by atoms with Gasteiger partial charge in [0.05, 0.1) is 6.54 Å². The molecule has 1 heterocycles. The van der Waals surface area contributed by atoms with Crippen LogP contribution in [0.2, 0.25) is 0 Å². The molecule has 1 aromatic heterocycles. The second-order valence-corrected chi connectivity index (χ2v) is 2.91. The van der Waals surface area contributed by atoms with Crippen molar-refractivity contribution in [1.29, 1.82) is 0 Å². The fourth-order valence-corrected chi connectivity index (χ4v) is 1.04. The molecule has 0 bridgehead atoms. The van der Waals surface area contributed by atoms with E-state index < -0.39 is 0 Å². The van der Waals surface area contributed by atoms with Gasteiger partial charge in [-0.25, -0.2) is 4.79 Å². The standard InChI is InChI=1S/C9H12N2O/c1-4-5-10-6-7-11(8(2)3)9(10)12/h1,6-8H,5H2,2-3H3. The van der Waals surface area contributed by atoms with Crippen molar-refractivity contribution in [2.75, 3.05) is 0 Å². The normalized spacial score (nSPS) is 10.2. The molecular weight excluding hydrogens is 152 g/mol. The summed E-state index contributed by atoms with van der Waals surface area (Å²) in [5, 5.41) is 0. The second-order valence-electron chi connectivity index (χ2n) is 2.91. The summed E-state index contributed by atoms with van der Waals surface area (Å²) in [6, 6.07) is 0.191. The molecule has 0 aliphatic rings. The molecule has 0 fully saturated rings. The number of terminal acetylenes is 1. The molecule has 3 heteroatoms. The van der Waals surface area contributed by atoms with Crippen LogP contribution in [-0.4, -0.2) is 9.13 Å². The summed E-state index contributed by atoms with van der Waals surface area (Å²) in [5.41, 5.74) is -0.0389. The summed E-state index contributed by atoms with van der Waals surface area (Å²) in [5.74, 6) is 2.43. The molecule has 1 aromatic rings. The van der Waals surface area contributed by atoms with E-state index in [1.54, 1.807) is 17.0 Å². The lowest BCUT2D eigenvalue weighted by Crippen LogP contribution is -2.24. The third kappa shape index (κ3) is 1.42. The fraction of sp³-hybridized carbons (Fsp3) is 0.444. The Bertz CT molecular complexity index is 351. The molecule has 0 saturated carbocycles. The Labute approximate surface area is 71.6 Å². The minimum absolute atomic E-state index is 0.0389. The van der Waals surface area contributed by atoms with Crippen LogP contribution in [-0.2, 0) is 6.54 Å². The van der Waals surface area contributed by atoms with Crippen molar-refractivity contribution in [3.8, 4) is 12.3 Å². The smallest absolute Gasteiger partial charge is 0.297 e. The third-order valence-corrected chi connectivity index (χ3v) is 1.69. The van der Waals surface area contributed by atoms with Crippen LogP contribution in [0, 0.1) is 12.3 Å². The van der Waals surface area contributed by atoms with Gasteiger partial charge >= 0.3 is 5.69 Å². The van der Waals surface area contributed by atoms with Crippen molar-refractivity contribution in [1.82, 2.24) is 9.13 Å². The van der Waals surface area contributed by atoms with Gasteiger partial charge in [0.25, 0.3) is 0 Å². The topological polar surface area (TPSA) is 26.9 Å². The molecule has 64 valence electrons. The Morgan fingerprint density at radius 2 is 2.25 bits per heavy atom. The van der Waals surface area contributed by atoms with Gasteiger partial charge in [-0.2, -0.15) is 0 Å². The highest BCUT2D eigenvalue weighted by Gasteiger charge is 2.03. The maximum Gasteiger partial charge on any atom is 0.329 e. The first-order valence-electron chi connectivity index (χ1n) is 3.87. The molecule has 1 rings (SSSR count). The SMILES string of the molecule is C#CCn1ccn(C(C)C)c1=O. The minimum Gasteiger partial charge on any atom is -0.297 e. The lowest BCUT2D eigenvalue weighted by atomic mass is 10.4. The summed E-state index contributed by atoms with van der Waals surface area (Å²) in [4.78, 5) is 11.4. The number of aromatic nitrogens is 2. The van der Waals surface area contributed by atoms with E-state index in [1.807, 2.05) is 13.8 Å². The van der Waals surface area contributed by atoms with Crippen LogP contribution in [0.1, 0.15) is 19.9 Å². The molecule has 0 atom stereocenters. The zero-order valence-electron chi connectivity index (χ0n) is 7.32. The zero-order valence-corrected chi connectivity index (χ0v) is 7.32. The van der Waals surface area contributed by atoms with Gasteiger partial charge < -0.3 is 0 Å². The van der Waals surface area contributed by atoms with E-state index in [2.05, 4.69) is 5.92 Å². The molecular formula is C9H12N2O. The van der Waals surface area contributed by atoms with Crippen molar-refractivity contribution in [3.05, 3.63) is 22.9 Å². The van der Waals surface area contributed by atoms with Crippen molar-refractivity contribution in [2.24, 2.45) is 0 Å². The van der Waals surface area contributed by atoms with E-state index in [4.69, 9.17) is 6.42 Å². The third-order valence-electron chi connectivity index (χ3n) is 1.69. The highest BCUT2D eigenvalue weighted by molar-refractivity contribution is 4.91. The molecule has 0 aliphatic heterocycles. The van der Waals surface area contributed by atoms with E-state index in [-0.39, 0.29) is 11.7 Å². The van der Waals surface area contributed by atoms with Crippen LogP contribution in [0.4, 0.5) is 0 Å². The Hall–Kier alpha value is -1.43. The number of hydrogen-bond donors (Lipinski definition) is 0. The molecule has 0 amide bonds. The largest absolute Gasteiger partial charge is 0.329 e. The van der Waals surface area contributed by atoms with E-state index in [0.717, 1.165) is 0 Å². The monoisotopic (exact) mass is 164 g/mol. The van der Waals surface area contributed by atoms with Gasteiger partial charge in [0.2, 0.25) is 0 Å². The summed E-state index contributed by atoms with van der Waals surface area (Å²) in [7, 11) is 0. The summed E-state index contributed by atoms with van der Waals surface area (Å²) >= 11 is 0. The quantitative estimate of drug-likeness (QED) is 0.596. The number of hydrogen-bond acceptors (Lipinski definition) is 1. The Balaban J connectivity index is 3.07. The molecule has 0 N–H and O–H groups in total. The second kappa shape index (κ2) is 3.31. The van der Waals surface area contributed by atoms with Crippen LogP contribution in [0.3, 0.4) is 0 Å². The molecule has 0 saturated heterocycles. The average Bonchev–Trinajstić information content (AvgIpc) is 2.34. The van der Waals surface area contributed by atoms with Crippen molar-refractivity contribution in [2.45, 2.75) is 26.4 Å². The molecule has 3 nitrogen and oxygen atoms in total. The first-order valence-corrected chi connectivity index (χ1v) is 3.87. The Kier molecular flexibility index (Phi) is 2.39. The highest BCUT2D eigenvalue weighted by atomic mass is 16.1. The van der Waals surface area contributed by atoms with Gasteiger partial charge in [-0.3, -0.25) is 9.13 Å². The van der Waals surface area contributed by atoms with Gasteiger partial charge in [-0.15, -0.1) is 6.42 Å². The summed E-state index contributed by atoms with van der Waals surface area (Å²) in [6.45, 7) is 4.27. The van der Waals surface area contributed by atoms with Gasteiger partial charge in [-0.05, 0) is 13.8 Å². The average molecular weight is 164 g/mol. The van der Waals surface area contributed by atoms with E-state index in [9.17, 15) is 4.79 Å². The maximum atomic E-state index is 11.4. The molecule has 0 spiro atoms. The van der Waals surface area contributed by atoms with Gasteiger partial charge in [0.15, 0.2) is 0 Å². The van der Waals surface area contributed by atoms with Gasteiger partial charge in [0, 0.05) is 18.4 Å². The van der Waals surface area contributed by atoms with Crippen molar-refractivity contribution < 1.29 is 0 Å². The molecule has 0 aromatic carbocycles. The van der Waals surface area contributed by atoms with Gasteiger partial charge in [0.1, 0.15) is 0 Å². The predicted octanol–water partition coefficient (Wildman–Crippen LogP) is 0.864. The highest BCUT2D eigenvalue weighted by Crippen LogP contribution is 1.98. The predicted molar refractivity (Wildman–Crippen MR) is 47.9 cm³/mol. The van der Waals surface area contributed by atoms with Crippen molar-refractivity contribution >= 4 is 0 Å². The molecule has 0 unspecified atom stereocenters. The Morgan fingerprint density at radius 1 is 1.58 bits per heavy atom. The molecule has 0 aliphatic carbocycles. The number of imidazole rings is 1. The number of rotatable bonds is 2. The van der Waals surface area contributed by atoms with Crippen LogP contribution >= 0.6 is 0 Å². The fourth-order valence-electron chi connectivity index (χ4n) is 1.04. The summed E-state index contributed by atoms with van der Waals surface area (Å²) < 4.78 is 3.16. The minimum atomic E-state index is -0.0389. The number of nitrogens with zero attached hydrogens (tertiary/aromatic N) is 2. The first-order chi connectivity index (χ1) is 5.66.